The van der Waals surface area contributed by atoms with Gasteiger partial charge in [0, 0.05) is 41.8 Å². The Labute approximate surface area is 157 Å². The zero-order chi connectivity index (χ0) is 18.4. The van der Waals surface area contributed by atoms with Gasteiger partial charge < -0.3 is 14.3 Å². The lowest BCUT2D eigenvalue weighted by molar-refractivity contribution is 0.0713. The summed E-state index contributed by atoms with van der Waals surface area (Å²) < 4.78 is 5.61. The molecular formula is C22H21N3O2. The number of carbonyl (C=O) groups excluding carboxylic acids is 1. The van der Waals surface area contributed by atoms with E-state index >= 15 is 0 Å². The highest BCUT2D eigenvalue weighted by Crippen LogP contribution is 2.32. The Morgan fingerprint density at radius 1 is 1.19 bits per heavy atom. The molecule has 0 spiro atoms. The Morgan fingerprint density at radius 2 is 2.04 bits per heavy atom. The number of piperidine rings is 1. The monoisotopic (exact) mass is 359 g/mol. The van der Waals surface area contributed by atoms with Crippen LogP contribution in [0.15, 0.2) is 53.2 Å². The van der Waals surface area contributed by atoms with Gasteiger partial charge >= 0.3 is 0 Å². The lowest BCUT2D eigenvalue weighted by atomic mass is 9.88. The molecule has 0 atom stereocenters. The molecule has 1 aliphatic rings. The van der Waals surface area contributed by atoms with Crippen molar-refractivity contribution in [2.75, 3.05) is 13.1 Å². The van der Waals surface area contributed by atoms with Crippen LogP contribution in [0.3, 0.4) is 0 Å². The number of carbonyl (C=O) groups is 1. The molecule has 1 saturated heterocycles. The van der Waals surface area contributed by atoms with Gasteiger partial charge in [0.05, 0.1) is 0 Å². The molecule has 0 aliphatic carbocycles. The third-order valence-corrected chi connectivity index (χ3v) is 5.60. The van der Waals surface area contributed by atoms with Crippen LogP contribution >= 0.6 is 0 Å². The molecule has 5 rings (SSSR count). The second kappa shape index (κ2) is 6.27. The Bertz CT molecular complexity index is 1130. The normalized spacial score (nSPS) is 15.7. The molecule has 5 heteroatoms. The SMILES string of the molecule is Cc1cc2cc(C(=O)N3CCC(c4ccnc5[nH]ccc45)CC3)ccc2o1. The number of rotatable bonds is 2. The summed E-state index contributed by atoms with van der Waals surface area (Å²) in [5.41, 5.74) is 3.84. The van der Waals surface area contributed by atoms with E-state index in [1.165, 1.54) is 10.9 Å². The molecule has 1 aromatic carbocycles. The van der Waals surface area contributed by atoms with Gasteiger partial charge in [0.2, 0.25) is 0 Å². The highest BCUT2D eigenvalue weighted by atomic mass is 16.3. The second-order valence-electron chi connectivity index (χ2n) is 7.32. The van der Waals surface area contributed by atoms with Gasteiger partial charge in [-0.3, -0.25) is 4.79 Å². The summed E-state index contributed by atoms with van der Waals surface area (Å²) >= 11 is 0. The summed E-state index contributed by atoms with van der Waals surface area (Å²) in [6.07, 6.45) is 5.76. The lowest BCUT2D eigenvalue weighted by Crippen LogP contribution is -2.37. The first-order valence-electron chi connectivity index (χ1n) is 9.40. The van der Waals surface area contributed by atoms with Gasteiger partial charge in [0.25, 0.3) is 5.91 Å². The predicted octanol–water partition coefficient (Wildman–Crippen LogP) is 4.64. The van der Waals surface area contributed by atoms with Crippen molar-refractivity contribution in [1.82, 2.24) is 14.9 Å². The molecule has 4 heterocycles. The van der Waals surface area contributed by atoms with Crippen molar-refractivity contribution in [3.05, 3.63) is 65.7 Å². The molecule has 1 amide bonds. The number of furan rings is 1. The topological polar surface area (TPSA) is 62.1 Å². The molecule has 1 aliphatic heterocycles. The van der Waals surface area contributed by atoms with Crippen LogP contribution in [0.2, 0.25) is 0 Å². The van der Waals surface area contributed by atoms with E-state index in [0.717, 1.165) is 53.9 Å². The molecule has 0 saturated carbocycles. The molecule has 1 N–H and O–H groups in total. The van der Waals surface area contributed by atoms with Crippen LogP contribution in [0.1, 0.15) is 40.4 Å². The fourth-order valence-electron chi connectivity index (χ4n) is 4.22. The minimum atomic E-state index is 0.107. The standard InChI is InChI=1S/C22H21N3O2/c1-14-12-17-13-16(2-3-20(17)27-14)22(26)25-10-6-15(7-11-25)18-4-8-23-21-19(18)5-9-24-21/h2-5,8-9,12-13,15H,6-7,10-11H2,1H3,(H,23,24). The third-order valence-electron chi connectivity index (χ3n) is 5.60. The quantitative estimate of drug-likeness (QED) is 0.567. The number of nitrogens with zero attached hydrogens (tertiary/aromatic N) is 2. The van der Waals surface area contributed by atoms with Gasteiger partial charge in [0.1, 0.15) is 17.0 Å². The minimum absolute atomic E-state index is 0.107. The van der Waals surface area contributed by atoms with E-state index in [1.54, 1.807) is 0 Å². The maximum absolute atomic E-state index is 12.9. The molecule has 0 bridgehead atoms. The molecule has 1 fully saturated rings. The fraction of sp³-hybridized carbons (Fsp3) is 0.273. The molecule has 0 unspecified atom stereocenters. The maximum Gasteiger partial charge on any atom is 0.253 e. The summed E-state index contributed by atoms with van der Waals surface area (Å²) in [5, 5.41) is 2.18. The van der Waals surface area contributed by atoms with Crippen LogP contribution in [0.25, 0.3) is 22.0 Å². The van der Waals surface area contributed by atoms with Gasteiger partial charge in [-0.25, -0.2) is 4.98 Å². The molecule has 4 aromatic rings. The lowest BCUT2D eigenvalue weighted by Gasteiger charge is -2.32. The number of hydrogen-bond acceptors (Lipinski definition) is 3. The number of likely N-dealkylation sites (tertiary alicyclic amines) is 1. The largest absolute Gasteiger partial charge is 0.461 e. The highest BCUT2D eigenvalue weighted by molar-refractivity contribution is 5.98. The third kappa shape index (κ3) is 2.79. The number of H-pyrrole nitrogens is 1. The molecule has 136 valence electrons. The van der Waals surface area contributed by atoms with Crippen molar-refractivity contribution >= 4 is 27.9 Å². The van der Waals surface area contributed by atoms with E-state index in [0.29, 0.717) is 5.92 Å². The van der Waals surface area contributed by atoms with Gasteiger partial charge in [0.15, 0.2) is 0 Å². The van der Waals surface area contributed by atoms with Crippen LogP contribution in [-0.4, -0.2) is 33.9 Å². The van der Waals surface area contributed by atoms with Crippen molar-refractivity contribution in [1.29, 1.82) is 0 Å². The van der Waals surface area contributed by atoms with E-state index in [4.69, 9.17) is 4.42 Å². The summed E-state index contributed by atoms with van der Waals surface area (Å²) in [4.78, 5) is 22.5. The number of fused-ring (bicyclic) bond motifs is 2. The molecule has 3 aromatic heterocycles. The molecular weight excluding hydrogens is 338 g/mol. The number of pyridine rings is 1. The first kappa shape index (κ1) is 16.1. The fourth-order valence-corrected chi connectivity index (χ4v) is 4.22. The summed E-state index contributed by atoms with van der Waals surface area (Å²) in [6.45, 7) is 3.48. The van der Waals surface area contributed by atoms with Crippen molar-refractivity contribution in [3.63, 3.8) is 0 Å². The number of amides is 1. The minimum Gasteiger partial charge on any atom is -0.461 e. The number of aromatic nitrogens is 2. The van der Waals surface area contributed by atoms with Gasteiger partial charge in [-0.15, -0.1) is 0 Å². The maximum atomic E-state index is 12.9. The summed E-state index contributed by atoms with van der Waals surface area (Å²) in [6, 6.07) is 11.9. The first-order chi connectivity index (χ1) is 13.2. The van der Waals surface area contributed by atoms with Gasteiger partial charge in [-0.2, -0.15) is 0 Å². The van der Waals surface area contributed by atoms with Crippen molar-refractivity contribution in [2.24, 2.45) is 0 Å². The van der Waals surface area contributed by atoms with E-state index in [9.17, 15) is 4.79 Å². The van der Waals surface area contributed by atoms with E-state index in [2.05, 4.69) is 22.1 Å². The smallest absolute Gasteiger partial charge is 0.253 e. The van der Waals surface area contributed by atoms with Crippen molar-refractivity contribution in [3.8, 4) is 0 Å². The van der Waals surface area contributed by atoms with E-state index in [1.807, 2.05) is 48.5 Å². The van der Waals surface area contributed by atoms with E-state index < -0.39 is 0 Å². The summed E-state index contributed by atoms with van der Waals surface area (Å²) in [7, 11) is 0. The highest BCUT2D eigenvalue weighted by Gasteiger charge is 2.26. The average Bonchev–Trinajstić information content (AvgIpc) is 3.32. The zero-order valence-electron chi connectivity index (χ0n) is 15.2. The van der Waals surface area contributed by atoms with Crippen LogP contribution in [0, 0.1) is 6.92 Å². The number of aromatic amines is 1. The van der Waals surface area contributed by atoms with Crippen molar-refractivity contribution < 1.29 is 9.21 Å². The average molecular weight is 359 g/mol. The Balaban J connectivity index is 1.33. The number of hydrogen-bond donors (Lipinski definition) is 1. The van der Waals surface area contributed by atoms with E-state index in [-0.39, 0.29) is 5.91 Å². The summed E-state index contributed by atoms with van der Waals surface area (Å²) in [5.74, 6) is 1.44. The van der Waals surface area contributed by atoms with Crippen LogP contribution in [0.5, 0.6) is 0 Å². The number of nitrogens with one attached hydrogen (secondary N) is 1. The van der Waals surface area contributed by atoms with Crippen LogP contribution < -0.4 is 0 Å². The predicted molar refractivity (Wildman–Crippen MR) is 105 cm³/mol. The Hall–Kier alpha value is -3.08. The van der Waals surface area contributed by atoms with Crippen LogP contribution in [-0.2, 0) is 0 Å². The Kier molecular flexibility index (Phi) is 3.74. The Morgan fingerprint density at radius 3 is 2.89 bits per heavy atom. The number of benzene rings is 1. The first-order valence-corrected chi connectivity index (χ1v) is 9.40. The van der Waals surface area contributed by atoms with Crippen LogP contribution in [0.4, 0.5) is 0 Å². The molecule has 27 heavy (non-hydrogen) atoms. The van der Waals surface area contributed by atoms with Gasteiger partial charge in [-0.05, 0) is 67.6 Å². The van der Waals surface area contributed by atoms with Crippen molar-refractivity contribution in [2.45, 2.75) is 25.7 Å². The number of aryl methyl sites for hydroxylation is 1. The zero-order valence-corrected chi connectivity index (χ0v) is 15.2. The molecule has 0 radical (unpaired) electrons. The van der Waals surface area contributed by atoms with Gasteiger partial charge in [-0.1, -0.05) is 0 Å². The molecule has 5 nitrogen and oxygen atoms in total. The second-order valence-corrected chi connectivity index (χ2v) is 7.32.